The molecule has 1 heterocycles. The number of hydrogen-bond acceptors (Lipinski definition) is 4. The second-order valence-corrected chi connectivity index (χ2v) is 6.23. The molecule has 7 nitrogen and oxygen atoms in total. The first-order valence-corrected chi connectivity index (χ1v) is 9.33. The summed E-state index contributed by atoms with van der Waals surface area (Å²) >= 11 is 0. The molecule has 0 aliphatic heterocycles. The Balaban J connectivity index is 0.00000392. The lowest BCUT2D eigenvalue weighted by atomic mass is 10.1. The molecule has 0 aliphatic carbocycles. The molecule has 0 saturated heterocycles. The zero-order valence-electron chi connectivity index (χ0n) is 16.9. The normalized spacial score (nSPS) is 10.9. The molecule has 0 spiro atoms. The molecule has 0 aliphatic rings. The number of aromatic nitrogens is 3. The van der Waals surface area contributed by atoms with Gasteiger partial charge in [-0.1, -0.05) is 25.1 Å². The van der Waals surface area contributed by atoms with Gasteiger partial charge in [0, 0.05) is 20.1 Å². The summed E-state index contributed by atoms with van der Waals surface area (Å²) in [5, 5.41) is 14.8. The lowest BCUT2D eigenvalue weighted by Gasteiger charge is -2.12. The highest BCUT2D eigenvalue weighted by atomic mass is 127. The van der Waals surface area contributed by atoms with Crippen molar-refractivity contribution in [1.29, 1.82) is 0 Å². The average molecular weight is 498 g/mol. The summed E-state index contributed by atoms with van der Waals surface area (Å²) in [5.41, 5.74) is 1.23. The Bertz CT molecular complexity index is 759. The van der Waals surface area contributed by atoms with E-state index in [-0.39, 0.29) is 24.0 Å². The smallest absolute Gasteiger partial charge is 0.191 e. The van der Waals surface area contributed by atoms with E-state index in [9.17, 15) is 0 Å². The number of hydrogen-bond donors (Lipinski definition) is 2. The first-order valence-electron chi connectivity index (χ1n) is 9.33. The largest absolute Gasteiger partial charge is 0.494 e. The molecule has 0 amide bonds. The van der Waals surface area contributed by atoms with Gasteiger partial charge >= 0.3 is 0 Å². The molecular weight excluding hydrogens is 467 g/mol. The Morgan fingerprint density at radius 1 is 1.32 bits per heavy atom. The van der Waals surface area contributed by atoms with Gasteiger partial charge in [-0.3, -0.25) is 0 Å². The fourth-order valence-electron chi connectivity index (χ4n) is 2.42. The second kappa shape index (κ2) is 13.1. The first-order chi connectivity index (χ1) is 13.1. The van der Waals surface area contributed by atoms with Crippen molar-refractivity contribution < 1.29 is 4.74 Å². The molecule has 0 bridgehead atoms. The molecule has 0 atom stereocenters. The summed E-state index contributed by atoms with van der Waals surface area (Å²) in [4.78, 5) is 4.59. The highest BCUT2D eigenvalue weighted by molar-refractivity contribution is 14.0. The van der Waals surface area contributed by atoms with Crippen LogP contribution in [0.5, 0.6) is 5.75 Å². The third kappa shape index (κ3) is 7.87. The summed E-state index contributed by atoms with van der Waals surface area (Å²) in [6.45, 7) is 10.4. The Morgan fingerprint density at radius 3 is 2.82 bits per heavy atom. The predicted molar refractivity (Wildman–Crippen MR) is 124 cm³/mol. The first kappa shape index (κ1) is 23.9. The molecule has 2 N–H and O–H groups in total. The van der Waals surface area contributed by atoms with E-state index in [2.05, 4.69) is 51.5 Å². The number of benzene rings is 1. The number of guanidine groups is 1. The van der Waals surface area contributed by atoms with Crippen LogP contribution in [0.4, 0.5) is 0 Å². The number of aliphatic imine (C=N–C) groups is 1. The van der Waals surface area contributed by atoms with Crippen molar-refractivity contribution in [3.05, 3.63) is 54.1 Å². The Hall–Kier alpha value is -2.10. The van der Waals surface area contributed by atoms with Crippen molar-refractivity contribution in [2.45, 2.75) is 33.2 Å². The maximum absolute atomic E-state index is 5.69. The molecule has 154 valence electrons. The van der Waals surface area contributed by atoms with Crippen molar-refractivity contribution in [2.24, 2.45) is 12.0 Å². The van der Waals surface area contributed by atoms with Crippen LogP contribution < -0.4 is 15.4 Å². The van der Waals surface area contributed by atoms with Crippen LogP contribution in [0.15, 0.2) is 41.9 Å². The Kier molecular flexibility index (Phi) is 11.2. The lowest BCUT2D eigenvalue weighted by Crippen LogP contribution is -2.38. The predicted octanol–water partition coefficient (Wildman–Crippen LogP) is 2.99. The zero-order chi connectivity index (χ0) is 19.5. The highest BCUT2D eigenvalue weighted by Crippen LogP contribution is 2.13. The van der Waals surface area contributed by atoms with E-state index in [1.54, 1.807) is 6.08 Å². The number of ether oxygens (including phenoxy) is 1. The molecule has 2 aromatic rings. The van der Waals surface area contributed by atoms with Gasteiger partial charge in [-0.05, 0) is 37.5 Å². The van der Waals surface area contributed by atoms with E-state index in [0.717, 1.165) is 49.4 Å². The third-order valence-electron chi connectivity index (χ3n) is 4.05. The van der Waals surface area contributed by atoms with Crippen molar-refractivity contribution in [2.75, 3.05) is 19.7 Å². The van der Waals surface area contributed by atoms with E-state index in [4.69, 9.17) is 4.74 Å². The number of halogens is 1. The molecule has 8 heteroatoms. The molecule has 0 saturated carbocycles. The van der Waals surface area contributed by atoms with E-state index in [0.29, 0.717) is 13.1 Å². The number of nitrogens with one attached hydrogen (secondary N) is 2. The second-order valence-electron chi connectivity index (χ2n) is 6.23. The number of nitrogens with zero attached hydrogens (tertiary/aromatic N) is 4. The maximum Gasteiger partial charge on any atom is 0.191 e. The van der Waals surface area contributed by atoms with Gasteiger partial charge in [0.05, 0.1) is 6.61 Å². The van der Waals surface area contributed by atoms with Crippen molar-refractivity contribution in [3.8, 4) is 5.75 Å². The fraction of sp³-hybridized carbons (Fsp3) is 0.450. The highest BCUT2D eigenvalue weighted by Gasteiger charge is 2.05. The zero-order valence-corrected chi connectivity index (χ0v) is 19.3. The van der Waals surface area contributed by atoms with Crippen LogP contribution >= 0.6 is 24.0 Å². The number of rotatable bonds is 10. The van der Waals surface area contributed by atoms with Gasteiger partial charge in [0.25, 0.3) is 0 Å². The van der Waals surface area contributed by atoms with Crippen LogP contribution in [0.25, 0.3) is 0 Å². The van der Waals surface area contributed by atoms with Crippen molar-refractivity contribution >= 4 is 29.9 Å². The Morgan fingerprint density at radius 2 is 2.14 bits per heavy atom. The minimum absolute atomic E-state index is 0. The molecule has 1 aromatic carbocycles. The molecule has 0 unspecified atom stereocenters. The van der Waals surface area contributed by atoms with Gasteiger partial charge in [0.2, 0.25) is 0 Å². The van der Waals surface area contributed by atoms with Crippen molar-refractivity contribution in [3.63, 3.8) is 0 Å². The maximum atomic E-state index is 5.69. The summed E-state index contributed by atoms with van der Waals surface area (Å²) in [7, 11) is 1.94. The van der Waals surface area contributed by atoms with Crippen LogP contribution in [0.2, 0.25) is 0 Å². The van der Waals surface area contributed by atoms with Crippen LogP contribution in [-0.4, -0.2) is 40.4 Å². The van der Waals surface area contributed by atoms with Crippen LogP contribution in [0.1, 0.15) is 30.6 Å². The monoisotopic (exact) mass is 498 g/mol. The van der Waals surface area contributed by atoms with Gasteiger partial charge in [-0.2, -0.15) is 0 Å². The summed E-state index contributed by atoms with van der Waals surface area (Å²) in [6.07, 6.45) is 3.69. The molecule has 1 aromatic heterocycles. The molecule has 0 fully saturated rings. The SMILES string of the molecule is C=CCNC(=NCc1nnc(C)n1C)NCCc1cccc(OCCC)c1.I. The fourth-order valence-corrected chi connectivity index (χ4v) is 2.42. The molecule has 28 heavy (non-hydrogen) atoms. The standard InChI is InChI=1S/C20H30N6O.HI/c1-5-11-21-20(23-15-19-25-24-16(3)26(19)4)22-12-10-17-8-7-9-18(14-17)27-13-6-2;/h5,7-9,14H,1,6,10-13,15H2,2-4H3,(H2,21,22,23);1H. The Labute approximate surface area is 184 Å². The lowest BCUT2D eigenvalue weighted by molar-refractivity contribution is 0.317. The van der Waals surface area contributed by atoms with Gasteiger partial charge in [0.1, 0.15) is 18.1 Å². The van der Waals surface area contributed by atoms with Gasteiger partial charge < -0.3 is 19.9 Å². The number of aryl methyl sites for hydroxylation is 1. The molecule has 0 radical (unpaired) electrons. The quantitative estimate of drug-likeness (QED) is 0.228. The minimum Gasteiger partial charge on any atom is -0.494 e. The van der Waals surface area contributed by atoms with E-state index < -0.39 is 0 Å². The van der Waals surface area contributed by atoms with Gasteiger partial charge in [-0.25, -0.2) is 4.99 Å². The summed E-state index contributed by atoms with van der Waals surface area (Å²) in [5.74, 6) is 3.35. The topological polar surface area (TPSA) is 76.4 Å². The molecule has 2 rings (SSSR count). The average Bonchev–Trinajstić information content (AvgIpc) is 3.00. The van der Waals surface area contributed by atoms with Gasteiger partial charge in [-0.15, -0.1) is 40.8 Å². The minimum atomic E-state index is 0. The van der Waals surface area contributed by atoms with Crippen molar-refractivity contribution in [1.82, 2.24) is 25.4 Å². The van der Waals surface area contributed by atoms with Gasteiger partial charge in [0.15, 0.2) is 11.8 Å². The van der Waals surface area contributed by atoms with E-state index in [1.165, 1.54) is 5.56 Å². The van der Waals surface area contributed by atoms with Crippen LogP contribution in [0.3, 0.4) is 0 Å². The molecular formula is C20H31IN6O. The van der Waals surface area contributed by atoms with E-state index >= 15 is 0 Å². The third-order valence-corrected chi connectivity index (χ3v) is 4.05. The van der Waals surface area contributed by atoms with Crippen LogP contribution in [-0.2, 0) is 20.0 Å². The summed E-state index contributed by atoms with van der Waals surface area (Å²) in [6, 6.07) is 8.22. The van der Waals surface area contributed by atoms with Crippen LogP contribution in [0, 0.1) is 6.92 Å². The van der Waals surface area contributed by atoms with E-state index in [1.807, 2.05) is 30.7 Å². The summed E-state index contributed by atoms with van der Waals surface area (Å²) < 4.78 is 7.64.